The van der Waals surface area contributed by atoms with Gasteiger partial charge in [0, 0.05) is 17.3 Å². The van der Waals surface area contributed by atoms with Gasteiger partial charge in [0.05, 0.1) is 5.69 Å². The van der Waals surface area contributed by atoms with E-state index in [4.69, 9.17) is 4.74 Å². The van der Waals surface area contributed by atoms with Crippen LogP contribution >= 0.6 is 0 Å². The molecule has 0 spiro atoms. The first-order valence-electron chi connectivity index (χ1n) is 7.01. The van der Waals surface area contributed by atoms with Gasteiger partial charge in [-0.05, 0) is 42.5 Å². The molecule has 7 heteroatoms. The number of aromatic amines is 1. The van der Waals surface area contributed by atoms with Gasteiger partial charge in [-0.25, -0.2) is 14.3 Å². The van der Waals surface area contributed by atoms with Crippen LogP contribution in [0.1, 0.15) is 0 Å². The molecule has 0 radical (unpaired) electrons. The molecule has 0 atom stereocenters. The van der Waals surface area contributed by atoms with Crippen LogP contribution in [0.5, 0.6) is 5.75 Å². The second-order valence-electron chi connectivity index (χ2n) is 4.85. The third-order valence-corrected chi connectivity index (χ3v) is 3.13. The highest BCUT2D eigenvalue weighted by Gasteiger charge is 2.06. The highest BCUT2D eigenvalue weighted by atomic mass is 19.1. The molecule has 1 heterocycles. The van der Waals surface area contributed by atoms with Gasteiger partial charge in [0.1, 0.15) is 11.6 Å². The number of hydrogen-bond donors (Lipinski definition) is 2. The standard InChI is InChI=1S/C17H12FN3O3/c18-12-3-7-14(8-4-12)24-17(23)19-13-5-1-11(2-6-13)15-9-10-16(22)21-20-15/h1-10H,(H,19,23)(H,21,22). The summed E-state index contributed by atoms with van der Waals surface area (Å²) in [6.07, 6.45) is -0.684. The maximum atomic E-state index is 12.8. The quantitative estimate of drug-likeness (QED) is 0.774. The lowest BCUT2D eigenvalue weighted by molar-refractivity contribution is 0.215. The van der Waals surface area contributed by atoms with Crippen molar-refractivity contribution in [2.45, 2.75) is 0 Å². The predicted octanol–water partition coefficient (Wildman–Crippen LogP) is 3.19. The van der Waals surface area contributed by atoms with Crippen molar-refractivity contribution in [3.8, 4) is 17.0 Å². The molecule has 6 nitrogen and oxygen atoms in total. The number of anilines is 1. The molecular formula is C17H12FN3O3. The number of halogens is 1. The third kappa shape index (κ3) is 3.83. The van der Waals surface area contributed by atoms with Crippen molar-refractivity contribution in [2.24, 2.45) is 0 Å². The Labute approximate surface area is 135 Å². The van der Waals surface area contributed by atoms with Crippen LogP contribution in [0.15, 0.2) is 65.5 Å². The number of nitrogens with one attached hydrogen (secondary N) is 2. The number of benzene rings is 2. The number of ether oxygens (including phenoxy) is 1. The summed E-state index contributed by atoms with van der Waals surface area (Å²) in [5, 5.41) is 8.84. The molecule has 0 bridgehead atoms. The zero-order chi connectivity index (χ0) is 16.9. The minimum absolute atomic E-state index is 0.239. The molecule has 0 saturated carbocycles. The zero-order valence-corrected chi connectivity index (χ0v) is 12.3. The number of carbonyl (C=O) groups excluding carboxylic acids is 1. The molecule has 0 unspecified atom stereocenters. The Morgan fingerprint density at radius 3 is 2.33 bits per heavy atom. The van der Waals surface area contributed by atoms with E-state index in [2.05, 4.69) is 15.5 Å². The molecule has 120 valence electrons. The fourth-order valence-electron chi connectivity index (χ4n) is 1.98. The van der Waals surface area contributed by atoms with Gasteiger partial charge >= 0.3 is 6.09 Å². The Balaban J connectivity index is 1.65. The summed E-state index contributed by atoms with van der Waals surface area (Å²) in [7, 11) is 0. The first-order chi connectivity index (χ1) is 11.6. The smallest absolute Gasteiger partial charge is 0.410 e. The summed E-state index contributed by atoms with van der Waals surface area (Å²) >= 11 is 0. The second-order valence-corrected chi connectivity index (χ2v) is 4.85. The van der Waals surface area contributed by atoms with Crippen LogP contribution < -0.4 is 15.6 Å². The van der Waals surface area contributed by atoms with Crippen LogP contribution in [0.3, 0.4) is 0 Å². The molecule has 1 amide bonds. The number of aromatic nitrogens is 2. The molecule has 1 aromatic heterocycles. The number of carbonyl (C=O) groups is 1. The molecule has 3 aromatic rings. The lowest BCUT2D eigenvalue weighted by Crippen LogP contribution is -2.16. The number of hydrogen-bond acceptors (Lipinski definition) is 4. The van der Waals surface area contributed by atoms with Crippen molar-refractivity contribution in [1.82, 2.24) is 10.2 Å². The summed E-state index contributed by atoms with van der Waals surface area (Å²) in [6, 6.07) is 15.0. The van der Waals surface area contributed by atoms with Crippen molar-refractivity contribution < 1.29 is 13.9 Å². The molecular weight excluding hydrogens is 313 g/mol. The van der Waals surface area contributed by atoms with E-state index in [9.17, 15) is 14.0 Å². The van der Waals surface area contributed by atoms with Crippen molar-refractivity contribution in [2.75, 3.05) is 5.32 Å². The second kappa shape index (κ2) is 6.74. The first kappa shape index (κ1) is 15.4. The number of rotatable bonds is 3. The molecule has 0 aliphatic rings. The van der Waals surface area contributed by atoms with Gasteiger partial charge in [-0.2, -0.15) is 5.10 Å². The lowest BCUT2D eigenvalue weighted by atomic mass is 10.1. The largest absolute Gasteiger partial charge is 0.417 e. The Bertz CT molecular complexity index is 885. The van der Waals surface area contributed by atoms with Crippen molar-refractivity contribution in [1.29, 1.82) is 0 Å². The Hall–Kier alpha value is -3.48. The van der Waals surface area contributed by atoms with E-state index in [1.807, 2.05) is 0 Å². The fraction of sp³-hybridized carbons (Fsp3) is 0. The minimum atomic E-state index is -0.684. The number of nitrogens with zero attached hydrogens (tertiary/aromatic N) is 1. The van der Waals surface area contributed by atoms with Crippen LogP contribution in [0.25, 0.3) is 11.3 Å². The van der Waals surface area contributed by atoms with E-state index in [0.29, 0.717) is 11.4 Å². The monoisotopic (exact) mass is 325 g/mol. The van der Waals surface area contributed by atoms with Crippen LogP contribution in [-0.4, -0.2) is 16.3 Å². The molecule has 2 N–H and O–H groups in total. The Morgan fingerprint density at radius 2 is 1.71 bits per heavy atom. The number of amides is 1. The molecule has 24 heavy (non-hydrogen) atoms. The molecule has 2 aromatic carbocycles. The van der Waals surface area contributed by atoms with Crippen molar-refractivity contribution >= 4 is 11.8 Å². The van der Waals surface area contributed by atoms with Gasteiger partial charge in [-0.1, -0.05) is 12.1 Å². The first-order valence-corrected chi connectivity index (χ1v) is 7.01. The van der Waals surface area contributed by atoms with Gasteiger partial charge in [0.2, 0.25) is 0 Å². The lowest BCUT2D eigenvalue weighted by Gasteiger charge is -2.07. The van der Waals surface area contributed by atoms with Gasteiger partial charge in [0.15, 0.2) is 0 Å². The summed E-state index contributed by atoms with van der Waals surface area (Å²) in [5.74, 6) is -0.169. The van der Waals surface area contributed by atoms with E-state index < -0.39 is 11.9 Å². The van der Waals surface area contributed by atoms with E-state index >= 15 is 0 Å². The summed E-state index contributed by atoms with van der Waals surface area (Å²) in [6.45, 7) is 0. The summed E-state index contributed by atoms with van der Waals surface area (Å²) in [4.78, 5) is 22.8. The highest BCUT2D eigenvalue weighted by Crippen LogP contribution is 2.19. The van der Waals surface area contributed by atoms with Crippen LogP contribution in [-0.2, 0) is 0 Å². The van der Waals surface area contributed by atoms with E-state index in [1.165, 1.54) is 30.3 Å². The SMILES string of the molecule is O=C(Nc1ccc(-c2ccc(=O)[nH]n2)cc1)Oc1ccc(F)cc1. The molecule has 0 fully saturated rings. The van der Waals surface area contributed by atoms with E-state index in [1.54, 1.807) is 30.3 Å². The van der Waals surface area contributed by atoms with Gasteiger partial charge in [-0.3, -0.25) is 10.1 Å². The minimum Gasteiger partial charge on any atom is -0.410 e. The topological polar surface area (TPSA) is 84.1 Å². The van der Waals surface area contributed by atoms with Crippen LogP contribution in [0.4, 0.5) is 14.9 Å². The van der Waals surface area contributed by atoms with Gasteiger partial charge in [0.25, 0.3) is 5.56 Å². The molecule has 0 aliphatic carbocycles. The fourth-order valence-corrected chi connectivity index (χ4v) is 1.98. The maximum Gasteiger partial charge on any atom is 0.417 e. The van der Waals surface area contributed by atoms with Gasteiger partial charge < -0.3 is 4.74 Å². The average molecular weight is 325 g/mol. The normalized spacial score (nSPS) is 10.2. The van der Waals surface area contributed by atoms with Crippen molar-refractivity contribution in [3.05, 3.63) is 76.8 Å². The Kier molecular flexibility index (Phi) is 4.33. The third-order valence-electron chi connectivity index (χ3n) is 3.13. The highest BCUT2D eigenvalue weighted by molar-refractivity contribution is 5.86. The molecule has 0 aliphatic heterocycles. The average Bonchev–Trinajstić information content (AvgIpc) is 2.58. The zero-order valence-electron chi connectivity index (χ0n) is 12.3. The number of H-pyrrole nitrogens is 1. The van der Waals surface area contributed by atoms with Crippen molar-refractivity contribution in [3.63, 3.8) is 0 Å². The van der Waals surface area contributed by atoms with E-state index in [0.717, 1.165) is 5.56 Å². The predicted molar refractivity (Wildman–Crippen MR) is 86.3 cm³/mol. The van der Waals surface area contributed by atoms with Gasteiger partial charge in [-0.15, -0.1) is 0 Å². The maximum absolute atomic E-state index is 12.8. The molecule has 0 saturated heterocycles. The summed E-state index contributed by atoms with van der Waals surface area (Å²) < 4.78 is 17.8. The molecule has 3 rings (SSSR count). The Morgan fingerprint density at radius 1 is 1.00 bits per heavy atom. The van der Waals surface area contributed by atoms with Crippen LogP contribution in [0.2, 0.25) is 0 Å². The van der Waals surface area contributed by atoms with Crippen LogP contribution in [0, 0.1) is 5.82 Å². The summed E-state index contributed by atoms with van der Waals surface area (Å²) in [5.41, 5.74) is 1.63. The van der Waals surface area contributed by atoms with E-state index in [-0.39, 0.29) is 11.3 Å².